The molecule has 3 nitrogen and oxygen atoms in total. The number of allylic oxidation sites excluding steroid dienone is 1. The molecule has 0 amide bonds. The monoisotopic (exact) mass is 392 g/mol. The van der Waals surface area contributed by atoms with E-state index >= 15 is 0 Å². The van der Waals surface area contributed by atoms with Gasteiger partial charge in [-0.1, -0.05) is 48.6 Å². The Hall–Kier alpha value is -2.01. The molecule has 0 bridgehead atoms. The van der Waals surface area contributed by atoms with E-state index in [1.54, 1.807) is 0 Å². The van der Waals surface area contributed by atoms with Crippen molar-refractivity contribution in [2.75, 3.05) is 26.2 Å². The molecule has 4 heteroatoms. The summed E-state index contributed by atoms with van der Waals surface area (Å²) in [7, 11) is 0. The smallest absolute Gasteiger partial charge is 0.123 e. The number of fused-ring (bicyclic) bond motifs is 2. The van der Waals surface area contributed by atoms with Gasteiger partial charge in [-0.25, -0.2) is 4.39 Å². The second kappa shape index (κ2) is 7.67. The van der Waals surface area contributed by atoms with Crippen LogP contribution in [0.3, 0.4) is 0 Å². The quantitative estimate of drug-likeness (QED) is 0.860. The zero-order valence-corrected chi connectivity index (χ0v) is 16.8. The van der Waals surface area contributed by atoms with E-state index in [4.69, 9.17) is 0 Å². The van der Waals surface area contributed by atoms with Crippen molar-refractivity contribution in [2.24, 2.45) is 0 Å². The number of likely N-dealkylation sites (tertiary alicyclic amines) is 2. The van der Waals surface area contributed by atoms with Gasteiger partial charge in [-0.2, -0.15) is 0 Å². The fraction of sp³-hybridized carbons (Fsp3) is 0.440. The first-order valence-corrected chi connectivity index (χ1v) is 10.8. The Balaban J connectivity index is 1.24. The lowest BCUT2D eigenvalue weighted by Crippen LogP contribution is -2.57. The molecule has 1 N–H and O–H groups in total. The largest absolute Gasteiger partial charge is 0.391 e. The normalized spacial score (nSPS) is 26.7. The third-order valence-electron chi connectivity index (χ3n) is 7.19. The van der Waals surface area contributed by atoms with Crippen LogP contribution in [0.4, 0.5) is 4.39 Å². The highest BCUT2D eigenvalue weighted by Gasteiger charge is 2.41. The molecule has 29 heavy (non-hydrogen) atoms. The van der Waals surface area contributed by atoms with Gasteiger partial charge in [0.25, 0.3) is 0 Å². The average Bonchev–Trinajstić information content (AvgIpc) is 3.10. The summed E-state index contributed by atoms with van der Waals surface area (Å²) >= 11 is 0. The van der Waals surface area contributed by atoms with Gasteiger partial charge in [0.2, 0.25) is 0 Å². The summed E-state index contributed by atoms with van der Waals surface area (Å²) in [5.41, 5.74) is 4.15. The Bertz CT molecular complexity index is 886. The Morgan fingerprint density at radius 2 is 1.76 bits per heavy atom. The van der Waals surface area contributed by atoms with E-state index in [1.807, 2.05) is 12.1 Å². The molecule has 0 aromatic heterocycles. The number of hydrogen-bond acceptors (Lipinski definition) is 3. The van der Waals surface area contributed by atoms with Crippen molar-refractivity contribution in [3.63, 3.8) is 0 Å². The van der Waals surface area contributed by atoms with Crippen molar-refractivity contribution < 1.29 is 9.50 Å². The molecule has 1 aliphatic carbocycles. The number of aliphatic hydroxyl groups is 1. The molecule has 2 aromatic rings. The molecular weight excluding hydrogens is 363 g/mol. The minimum absolute atomic E-state index is 0.181. The number of hydrogen-bond donors (Lipinski definition) is 1. The maximum Gasteiger partial charge on any atom is 0.123 e. The standard InChI is InChI=1S/C25H29FN2O/c26-21-7-5-19(6-8-21)17-27-14-10-24(29)23(18-27)28-15-12-25(13-16-28)11-9-20-3-1-2-4-22(20)25/h1-9,11,23-24,29H,10,12-18H2/t23-,24-/m1/s1. The fourth-order valence-electron chi connectivity index (χ4n) is 5.46. The molecule has 2 atom stereocenters. The predicted octanol–water partition coefficient (Wildman–Crippen LogP) is 3.82. The summed E-state index contributed by atoms with van der Waals surface area (Å²) in [6.07, 6.45) is 7.46. The second-order valence-corrected chi connectivity index (χ2v) is 8.90. The number of benzene rings is 2. The molecule has 0 unspecified atom stereocenters. The van der Waals surface area contributed by atoms with Crippen LogP contribution in [-0.4, -0.2) is 53.2 Å². The van der Waals surface area contributed by atoms with E-state index in [1.165, 1.54) is 23.3 Å². The molecule has 5 rings (SSSR count). The minimum Gasteiger partial charge on any atom is -0.391 e. The summed E-state index contributed by atoms with van der Waals surface area (Å²) < 4.78 is 13.2. The van der Waals surface area contributed by atoms with Gasteiger partial charge in [0.1, 0.15) is 5.82 Å². The van der Waals surface area contributed by atoms with E-state index in [-0.39, 0.29) is 23.4 Å². The van der Waals surface area contributed by atoms with Crippen molar-refractivity contribution in [2.45, 2.75) is 43.4 Å². The second-order valence-electron chi connectivity index (χ2n) is 8.90. The van der Waals surface area contributed by atoms with Gasteiger partial charge in [-0.05, 0) is 61.2 Å². The summed E-state index contributed by atoms with van der Waals surface area (Å²) in [6.45, 7) is 4.62. The highest BCUT2D eigenvalue weighted by molar-refractivity contribution is 5.65. The zero-order chi connectivity index (χ0) is 19.8. The summed E-state index contributed by atoms with van der Waals surface area (Å²) in [4.78, 5) is 4.90. The maximum absolute atomic E-state index is 13.2. The molecule has 2 saturated heterocycles. The third-order valence-corrected chi connectivity index (χ3v) is 7.19. The van der Waals surface area contributed by atoms with Crippen molar-refractivity contribution >= 4 is 6.08 Å². The van der Waals surface area contributed by atoms with E-state index in [9.17, 15) is 9.50 Å². The molecule has 1 spiro atoms. The van der Waals surface area contributed by atoms with E-state index in [2.05, 4.69) is 46.2 Å². The van der Waals surface area contributed by atoms with Crippen LogP contribution >= 0.6 is 0 Å². The molecule has 0 saturated carbocycles. The van der Waals surface area contributed by atoms with E-state index < -0.39 is 0 Å². The number of piperidine rings is 2. The highest BCUT2D eigenvalue weighted by atomic mass is 19.1. The van der Waals surface area contributed by atoms with Gasteiger partial charge in [0.15, 0.2) is 0 Å². The lowest BCUT2D eigenvalue weighted by molar-refractivity contribution is -0.0256. The van der Waals surface area contributed by atoms with Crippen LogP contribution in [0.2, 0.25) is 0 Å². The van der Waals surface area contributed by atoms with Crippen molar-refractivity contribution in [3.05, 3.63) is 77.1 Å². The SMILES string of the molecule is O[C@@H]1CCN(Cc2ccc(F)cc2)C[C@H]1N1CCC2(C=Cc3ccccc32)CC1. The molecule has 2 heterocycles. The molecule has 2 aromatic carbocycles. The molecular formula is C25H29FN2O. The number of aliphatic hydroxyl groups excluding tert-OH is 1. The predicted molar refractivity (Wildman–Crippen MR) is 114 cm³/mol. The van der Waals surface area contributed by atoms with Crippen molar-refractivity contribution in [1.82, 2.24) is 9.80 Å². The van der Waals surface area contributed by atoms with Crippen LogP contribution in [0.1, 0.15) is 36.0 Å². The van der Waals surface area contributed by atoms with Gasteiger partial charge < -0.3 is 5.11 Å². The first-order chi connectivity index (χ1) is 14.1. The summed E-state index contributed by atoms with van der Waals surface area (Å²) in [5.74, 6) is -0.189. The van der Waals surface area contributed by atoms with Crippen LogP contribution in [0.25, 0.3) is 6.08 Å². The lowest BCUT2D eigenvalue weighted by Gasteiger charge is -2.47. The van der Waals surface area contributed by atoms with Crippen LogP contribution in [0, 0.1) is 5.82 Å². The third kappa shape index (κ3) is 3.65. The maximum atomic E-state index is 13.2. The topological polar surface area (TPSA) is 26.7 Å². The van der Waals surface area contributed by atoms with Gasteiger partial charge in [0, 0.05) is 31.1 Å². The Morgan fingerprint density at radius 1 is 1.00 bits per heavy atom. The van der Waals surface area contributed by atoms with E-state index in [0.717, 1.165) is 57.5 Å². The van der Waals surface area contributed by atoms with Crippen LogP contribution in [0.15, 0.2) is 54.6 Å². The number of rotatable bonds is 3. The first kappa shape index (κ1) is 19.0. The zero-order valence-electron chi connectivity index (χ0n) is 16.8. The first-order valence-electron chi connectivity index (χ1n) is 10.8. The van der Waals surface area contributed by atoms with Gasteiger partial charge >= 0.3 is 0 Å². The van der Waals surface area contributed by atoms with Gasteiger partial charge in [-0.3, -0.25) is 9.80 Å². The molecule has 2 aliphatic heterocycles. The fourth-order valence-corrected chi connectivity index (χ4v) is 5.46. The number of halogens is 1. The summed E-state index contributed by atoms with van der Waals surface area (Å²) in [6, 6.07) is 15.7. The lowest BCUT2D eigenvalue weighted by atomic mass is 9.74. The Labute approximate surface area is 172 Å². The average molecular weight is 393 g/mol. The van der Waals surface area contributed by atoms with Crippen LogP contribution in [-0.2, 0) is 12.0 Å². The van der Waals surface area contributed by atoms with E-state index in [0.29, 0.717) is 0 Å². The Kier molecular flexibility index (Phi) is 5.02. The molecule has 152 valence electrons. The Morgan fingerprint density at radius 3 is 2.55 bits per heavy atom. The van der Waals surface area contributed by atoms with Crippen LogP contribution < -0.4 is 0 Å². The molecule has 2 fully saturated rings. The summed E-state index contributed by atoms with van der Waals surface area (Å²) in [5, 5.41) is 10.7. The van der Waals surface area contributed by atoms with Crippen molar-refractivity contribution in [3.8, 4) is 0 Å². The van der Waals surface area contributed by atoms with Gasteiger partial charge in [-0.15, -0.1) is 0 Å². The van der Waals surface area contributed by atoms with Crippen molar-refractivity contribution in [1.29, 1.82) is 0 Å². The molecule has 3 aliphatic rings. The highest BCUT2D eigenvalue weighted by Crippen LogP contribution is 2.44. The van der Waals surface area contributed by atoms with Crippen LogP contribution in [0.5, 0.6) is 0 Å². The number of nitrogens with zero attached hydrogens (tertiary/aromatic N) is 2. The molecule has 0 radical (unpaired) electrons. The van der Waals surface area contributed by atoms with Gasteiger partial charge in [0.05, 0.1) is 6.10 Å². The minimum atomic E-state index is -0.264.